The molecule has 0 radical (unpaired) electrons. The molecule has 1 saturated heterocycles. The van der Waals surface area contributed by atoms with Crippen LogP contribution in [0.5, 0.6) is 5.75 Å². The fourth-order valence-corrected chi connectivity index (χ4v) is 4.15. The van der Waals surface area contributed by atoms with Crippen molar-refractivity contribution < 1.29 is 37.5 Å². The summed E-state index contributed by atoms with van der Waals surface area (Å²) in [4.78, 5) is 24.5. The molecule has 2 aromatic heterocycles. The van der Waals surface area contributed by atoms with Gasteiger partial charge in [-0.2, -0.15) is 8.42 Å². The van der Waals surface area contributed by atoms with Gasteiger partial charge in [0.2, 0.25) is 0 Å². The van der Waals surface area contributed by atoms with Crippen molar-refractivity contribution in [3.05, 3.63) is 42.5 Å². The number of carbonyl (C=O) groups is 1. The lowest BCUT2D eigenvalue weighted by Gasteiger charge is -2.16. The van der Waals surface area contributed by atoms with Gasteiger partial charge in [-0.3, -0.25) is 13.5 Å². The predicted octanol–water partition coefficient (Wildman–Crippen LogP) is -1.36. The summed E-state index contributed by atoms with van der Waals surface area (Å²) in [5, 5.41) is 35.6. The van der Waals surface area contributed by atoms with Crippen LogP contribution in [0, 0.1) is 0 Å². The SMILES string of the molecule is CCNc1ncnc2c1ncn2[C@@H]1O[C@H](COS(=O)(=O)NC(=O)c2ccccc2[O-])[C@@H](O)[C@H]1O. The molecule has 4 atom stereocenters. The number of ether oxygens (including phenoxy) is 1. The lowest BCUT2D eigenvalue weighted by molar-refractivity contribution is -0.268. The number of amides is 1. The maximum absolute atomic E-state index is 12.2. The number of fused-ring (bicyclic) bond motifs is 1. The number of rotatable bonds is 8. The first-order chi connectivity index (χ1) is 16.2. The Bertz CT molecular complexity index is 1300. The number of nitrogens with zero attached hydrogens (tertiary/aromatic N) is 4. The van der Waals surface area contributed by atoms with Crippen LogP contribution in [0.15, 0.2) is 36.9 Å². The van der Waals surface area contributed by atoms with Gasteiger partial charge in [0.1, 0.15) is 24.6 Å². The van der Waals surface area contributed by atoms with Gasteiger partial charge in [0, 0.05) is 12.1 Å². The highest BCUT2D eigenvalue weighted by atomic mass is 32.2. The molecule has 15 heteroatoms. The highest BCUT2D eigenvalue weighted by molar-refractivity contribution is 7.85. The monoisotopic (exact) mass is 493 g/mol. The number of benzene rings is 1. The van der Waals surface area contributed by atoms with E-state index in [1.165, 1.54) is 35.4 Å². The molecule has 4 rings (SSSR count). The van der Waals surface area contributed by atoms with Gasteiger partial charge < -0.3 is 25.4 Å². The number of aliphatic hydroxyl groups is 2. The van der Waals surface area contributed by atoms with E-state index < -0.39 is 53.1 Å². The molecular formula is C19H21N6O8S-. The molecule has 34 heavy (non-hydrogen) atoms. The number of aliphatic hydroxyl groups excluding tert-OH is 2. The maximum atomic E-state index is 12.2. The van der Waals surface area contributed by atoms with Crippen LogP contribution in [-0.4, -0.2) is 75.5 Å². The Balaban J connectivity index is 1.45. The van der Waals surface area contributed by atoms with Crippen LogP contribution in [0.1, 0.15) is 23.5 Å². The van der Waals surface area contributed by atoms with Gasteiger partial charge in [-0.25, -0.2) is 19.7 Å². The number of nitrogens with one attached hydrogen (secondary N) is 2. The number of carbonyl (C=O) groups excluding carboxylic acids is 1. The van der Waals surface area contributed by atoms with Crippen LogP contribution < -0.4 is 15.1 Å². The summed E-state index contributed by atoms with van der Waals surface area (Å²) in [6, 6.07) is 5.08. The first-order valence-electron chi connectivity index (χ1n) is 10.1. The molecule has 14 nitrogen and oxygen atoms in total. The van der Waals surface area contributed by atoms with Crippen molar-refractivity contribution in [1.29, 1.82) is 0 Å². The maximum Gasteiger partial charge on any atom is 0.362 e. The Hall–Kier alpha value is -3.37. The van der Waals surface area contributed by atoms with Crippen LogP contribution >= 0.6 is 0 Å². The first kappa shape index (κ1) is 23.8. The van der Waals surface area contributed by atoms with Crippen LogP contribution in [-0.2, 0) is 19.2 Å². The second-order valence-electron chi connectivity index (χ2n) is 7.29. The van der Waals surface area contributed by atoms with E-state index in [1.807, 2.05) is 6.92 Å². The highest BCUT2D eigenvalue weighted by Crippen LogP contribution is 2.32. The summed E-state index contributed by atoms with van der Waals surface area (Å²) in [7, 11) is -4.65. The molecule has 3 heterocycles. The van der Waals surface area contributed by atoms with Crippen molar-refractivity contribution in [2.45, 2.75) is 31.5 Å². The van der Waals surface area contributed by atoms with Gasteiger partial charge in [-0.05, 0) is 6.92 Å². The average Bonchev–Trinajstić information content (AvgIpc) is 3.34. The number of hydrogen-bond donors (Lipinski definition) is 4. The van der Waals surface area contributed by atoms with E-state index >= 15 is 0 Å². The molecule has 4 N–H and O–H groups in total. The Morgan fingerprint density at radius 1 is 1.24 bits per heavy atom. The third kappa shape index (κ3) is 4.64. The number of hydrogen-bond acceptors (Lipinski definition) is 12. The van der Waals surface area contributed by atoms with Gasteiger partial charge in [-0.15, -0.1) is 0 Å². The van der Waals surface area contributed by atoms with E-state index in [1.54, 1.807) is 4.72 Å². The minimum absolute atomic E-state index is 0.319. The number of anilines is 1. The average molecular weight is 493 g/mol. The molecular weight excluding hydrogens is 472 g/mol. The van der Waals surface area contributed by atoms with E-state index in [9.17, 15) is 28.5 Å². The van der Waals surface area contributed by atoms with Crippen LogP contribution in [0.25, 0.3) is 11.2 Å². The molecule has 1 fully saturated rings. The van der Waals surface area contributed by atoms with Gasteiger partial charge >= 0.3 is 10.3 Å². The van der Waals surface area contributed by atoms with Gasteiger partial charge in [0.05, 0.1) is 12.9 Å². The van der Waals surface area contributed by atoms with Gasteiger partial charge in [0.15, 0.2) is 23.2 Å². The summed E-state index contributed by atoms with van der Waals surface area (Å²) in [5.74, 6) is -1.36. The molecule has 0 spiro atoms. The van der Waals surface area contributed by atoms with Crippen molar-refractivity contribution in [1.82, 2.24) is 24.2 Å². The molecule has 0 aliphatic carbocycles. The van der Waals surface area contributed by atoms with Crippen molar-refractivity contribution >= 4 is 33.2 Å². The minimum Gasteiger partial charge on any atom is -0.872 e. The van der Waals surface area contributed by atoms with Crippen LogP contribution in [0.2, 0.25) is 0 Å². The molecule has 1 aliphatic rings. The highest BCUT2D eigenvalue weighted by Gasteiger charge is 2.45. The van der Waals surface area contributed by atoms with Crippen molar-refractivity contribution in [3.63, 3.8) is 0 Å². The second kappa shape index (κ2) is 9.47. The normalized spacial score (nSPS) is 22.7. The number of imidazole rings is 1. The molecule has 1 amide bonds. The zero-order valence-corrected chi connectivity index (χ0v) is 18.5. The van der Waals surface area contributed by atoms with Gasteiger partial charge in [0.25, 0.3) is 5.91 Å². The Kier molecular flexibility index (Phi) is 6.63. The Morgan fingerprint density at radius 3 is 2.74 bits per heavy atom. The minimum atomic E-state index is -4.65. The van der Waals surface area contributed by atoms with E-state index in [0.29, 0.717) is 23.5 Å². The molecule has 0 bridgehead atoms. The fraction of sp³-hybridized carbons (Fsp3) is 0.368. The lowest BCUT2D eigenvalue weighted by Crippen LogP contribution is -2.38. The predicted molar refractivity (Wildman–Crippen MR) is 114 cm³/mol. The molecule has 0 unspecified atom stereocenters. The van der Waals surface area contributed by atoms with Crippen molar-refractivity contribution in [2.75, 3.05) is 18.5 Å². The first-order valence-corrected chi connectivity index (χ1v) is 11.5. The summed E-state index contributed by atoms with van der Waals surface area (Å²) in [6.07, 6.45) is -2.76. The van der Waals surface area contributed by atoms with E-state index in [4.69, 9.17) is 8.92 Å². The number of para-hydroxylation sites is 1. The fourth-order valence-electron chi connectivity index (χ4n) is 3.44. The third-order valence-corrected chi connectivity index (χ3v) is 5.93. The summed E-state index contributed by atoms with van der Waals surface area (Å²) < 4.78 is 37.7. The summed E-state index contributed by atoms with van der Waals surface area (Å²) >= 11 is 0. The summed E-state index contributed by atoms with van der Waals surface area (Å²) in [5.41, 5.74) is 0.353. The molecule has 0 saturated carbocycles. The standard InChI is InChI=1S/C19H22N6O8S/c1-2-20-16-13-17(22-8-21-16)25(9-23-13)19-15(28)14(27)12(33-19)7-32-34(30,31)24-18(29)10-5-3-4-6-11(10)26/h3-6,8-9,12,14-15,19,26-28H,2,7H2,1H3,(H,24,29)(H,20,21,22)/p-1/t12-,14-,15-,19-/m1/s1. The van der Waals surface area contributed by atoms with E-state index in [-0.39, 0.29) is 5.56 Å². The van der Waals surface area contributed by atoms with Crippen molar-refractivity contribution in [2.24, 2.45) is 0 Å². The van der Waals surface area contributed by atoms with E-state index in [0.717, 1.165) is 6.07 Å². The largest absolute Gasteiger partial charge is 0.872 e. The van der Waals surface area contributed by atoms with Crippen molar-refractivity contribution in [3.8, 4) is 5.75 Å². The zero-order valence-electron chi connectivity index (χ0n) is 17.7. The lowest BCUT2D eigenvalue weighted by atomic mass is 10.1. The summed E-state index contributed by atoms with van der Waals surface area (Å²) in [6.45, 7) is 1.75. The molecule has 1 aliphatic heterocycles. The topological polar surface area (TPSA) is 201 Å². The Labute approximate surface area is 193 Å². The zero-order chi connectivity index (χ0) is 24.5. The van der Waals surface area contributed by atoms with Gasteiger partial charge in [-0.1, -0.05) is 30.0 Å². The Morgan fingerprint density at radius 2 is 2.00 bits per heavy atom. The van der Waals surface area contributed by atoms with Crippen LogP contribution in [0.4, 0.5) is 5.82 Å². The molecule has 3 aromatic rings. The second-order valence-corrected chi connectivity index (χ2v) is 8.64. The smallest absolute Gasteiger partial charge is 0.362 e. The molecule has 182 valence electrons. The number of aromatic nitrogens is 4. The van der Waals surface area contributed by atoms with E-state index in [2.05, 4.69) is 20.3 Å². The molecule has 1 aromatic carbocycles. The van der Waals surface area contributed by atoms with Crippen LogP contribution in [0.3, 0.4) is 0 Å². The third-order valence-electron chi connectivity index (χ3n) is 5.05. The quantitative estimate of drug-likeness (QED) is 0.288.